The van der Waals surface area contributed by atoms with Crippen LogP contribution in [0, 0.1) is 0 Å². The van der Waals surface area contributed by atoms with Gasteiger partial charge in [-0.15, -0.1) is 0 Å². The number of nitrogens with zero attached hydrogens (tertiary/aromatic N) is 2. The van der Waals surface area contributed by atoms with Gasteiger partial charge in [0, 0.05) is 6.20 Å². The van der Waals surface area contributed by atoms with E-state index in [2.05, 4.69) is 36.0 Å². The summed E-state index contributed by atoms with van der Waals surface area (Å²) in [7, 11) is 2.22. The molecule has 2 rings (SSSR count). The number of aromatic nitrogens is 1. The second kappa shape index (κ2) is 4.75. The molecule has 0 spiro atoms. The van der Waals surface area contributed by atoms with E-state index in [4.69, 9.17) is 0 Å². The third-order valence-electron chi connectivity index (χ3n) is 3.27. The van der Waals surface area contributed by atoms with Crippen LogP contribution in [-0.2, 0) is 6.42 Å². The van der Waals surface area contributed by atoms with E-state index in [1.54, 1.807) is 0 Å². The molecular weight excluding hydrogens is 184 g/mol. The van der Waals surface area contributed by atoms with Crippen molar-refractivity contribution in [3.63, 3.8) is 0 Å². The van der Waals surface area contributed by atoms with Crippen molar-refractivity contribution in [2.75, 3.05) is 13.6 Å². The van der Waals surface area contributed by atoms with E-state index in [1.165, 1.54) is 43.5 Å². The number of pyridine rings is 1. The van der Waals surface area contributed by atoms with E-state index < -0.39 is 0 Å². The Morgan fingerprint density at radius 2 is 2.40 bits per heavy atom. The lowest BCUT2D eigenvalue weighted by Crippen LogP contribution is -2.29. The van der Waals surface area contributed by atoms with Crippen LogP contribution in [0.3, 0.4) is 0 Å². The molecule has 2 heteroatoms. The zero-order valence-electron chi connectivity index (χ0n) is 9.74. The van der Waals surface area contributed by atoms with Crippen LogP contribution < -0.4 is 0 Å². The molecule has 82 valence electrons. The first-order valence-electron chi connectivity index (χ1n) is 5.97. The average Bonchev–Trinajstić information content (AvgIpc) is 2.28. The maximum atomic E-state index is 4.56. The van der Waals surface area contributed by atoms with Gasteiger partial charge in [0.15, 0.2) is 0 Å². The first-order valence-corrected chi connectivity index (χ1v) is 5.97. The molecule has 1 aromatic rings. The molecule has 1 unspecified atom stereocenters. The van der Waals surface area contributed by atoms with Crippen LogP contribution in [-0.4, -0.2) is 23.5 Å². The largest absolute Gasteiger partial charge is 0.298 e. The van der Waals surface area contributed by atoms with Gasteiger partial charge in [0.1, 0.15) is 0 Å². The number of aryl methyl sites for hydroxylation is 1. The molecule has 15 heavy (non-hydrogen) atoms. The van der Waals surface area contributed by atoms with Crippen LogP contribution in [0.2, 0.25) is 0 Å². The molecule has 1 aliphatic rings. The zero-order valence-corrected chi connectivity index (χ0v) is 9.74. The highest BCUT2D eigenvalue weighted by molar-refractivity contribution is 5.25. The van der Waals surface area contributed by atoms with E-state index in [1.807, 2.05) is 6.20 Å². The summed E-state index contributed by atoms with van der Waals surface area (Å²) in [6, 6.07) is 4.84. The summed E-state index contributed by atoms with van der Waals surface area (Å²) in [5.41, 5.74) is 2.77. The van der Waals surface area contributed by atoms with Gasteiger partial charge in [-0.2, -0.15) is 0 Å². The summed E-state index contributed by atoms with van der Waals surface area (Å²) in [4.78, 5) is 7.01. The molecule has 0 radical (unpaired) electrons. The summed E-state index contributed by atoms with van der Waals surface area (Å²) >= 11 is 0. The smallest absolute Gasteiger partial charge is 0.0607 e. The minimum atomic E-state index is 0.551. The van der Waals surface area contributed by atoms with Gasteiger partial charge in [-0.1, -0.05) is 13.0 Å². The topological polar surface area (TPSA) is 16.1 Å². The van der Waals surface area contributed by atoms with Gasteiger partial charge in [-0.05, 0) is 50.9 Å². The molecule has 0 aliphatic heterocycles. The molecule has 1 atom stereocenters. The van der Waals surface area contributed by atoms with Crippen LogP contribution in [0.4, 0.5) is 0 Å². The van der Waals surface area contributed by atoms with Crippen LogP contribution in [0.25, 0.3) is 0 Å². The minimum Gasteiger partial charge on any atom is -0.298 e. The quantitative estimate of drug-likeness (QED) is 0.752. The summed E-state index contributed by atoms with van der Waals surface area (Å²) in [6.07, 6.45) is 6.92. The van der Waals surface area contributed by atoms with Crippen LogP contribution in [0.1, 0.15) is 43.5 Å². The molecule has 0 saturated carbocycles. The van der Waals surface area contributed by atoms with Crippen molar-refractivity contribution >= 4 is 0 Å². The average molecular weight is 204 g/mol. The van der Waals surface area contributed by atoms with Crippen LogP contribution in [0.5, 0.6) is 0 Å². The fourth-order valence-electron chi connectivity index (χ4n) is 2.52. The summed E-state index contributed by atoms with van der Waals surface area (Å²) in [6.45, 7) is 3.40. The van der Waals surface area contributed by atoms with Crippen molar-refractivity contribution < 1.29 is 0 Å². The molecule has 1 heterocycles. The van der Waals surface area contributed by atoms with Crippen molar-refractivity contribution in [2.45, 2.75) is 38.6 Å². The molecule has 0 N–H and O–H groups in total. The van der Waals surface area contributed by atoms with E-state index in [0.29, 0.717) is 6.04 Å². The van der Waals surface area contributed by atoms with Crippen LogP contribution in [0.15, 0.2) is 18.3 Å². The third-order valence-corrected chi connectivity index (χ3v) is 3.27. The van der Waals surface area contributed by atoms with Gasteiger partial charge in [0.25, 0.3) is 0 Å². The van der Waals surface area contributed by atoms with E-state index in [0.717, 1.165) is 0 Å². The van der Waals surface area contributed by atoms with Gasteiger partial charge in [0.05, 0.1) is 11.7 Å². The lowest BCUT2D eigenvalue weighted by molar-refractivity contribution is 0.217. The third kappa shape index (κ3) is 2.20. The van der Waals surface area contributed by atoms with E-state index in [-0.39, 0.29) is 0 Å². The van der Waals surface area contributed by atoms with Crippen molar-refractivity contribution in [3.05, 3.63) is 29.6 Å². The molecule has 0 fully saturated rings. The van der Waals surface area contributed by atoms with Gasteiger partial charge >= 0.3 is 0 Å². The molecule has 0 bridgehead atoms. The first-order chi connectivity index (χ1) is 7.33. The Hall–Kier alpha value is -0.890. The highest BCUT2D eigenvalue weighted by Gasteiger charge is 2.23. The fraction of sp³-hybridized carbons (Fsp3) is 0.615. The fourth-order valence-corrected chi connectivity index (χ4v) is 2.52. The predicted molar refractivity (Wildman–Crippen MR) is 62.8 cm³/mol. The van der Waals surface area contributed by atoms with E-state index >= 15 is 0 Å². The Balaban J connectivity index is 2.21. The summed E-state index contributed by atoms with van der Waals surface area (Å²) in [5, 5.41) is 0. The Bertz CT molecular complexity index is 322. The Morgan fingerprint density at radius 3 is 3.20 bits per heavy atom. The minimum absolute atomic E-state index is 0.551. The van der Waals surface area contributed by atoms with Crippen molar-refractivity contribution in [2.24, 2.45) is 0 Å². The highest BCUT2D eigenvalue weighted by Crippen LogP contribution is 2.31. The SMILES string of the molecule is CCCN(C)C1CCCc2cccnc21. The normalized spacial score (nSPS) is 20.3. The lowest BCUT2D eigenvalue weighted by Gasteiger charge is -2.31. The Labute approximate surface area is 92.3 Å². The molecule has 2 nitrogen and oxygen atoms in total. The van der Waals surface area contributed by atoms with Gasteiger partial charge in [-0.3, -0.25) is 9.88 Å². The number of rotatable bonds is 3. The first kappa shape index (κ1) is 10.6. The molecule has 0 amide bonds. The standard InChI is InChI=1S/C13H20N2/c1-3-10-15(2)12-8-4-6-11-7-5-9-14-13(11)12/h5,7,9,12H,3-4,6,8,10H2,1-2H3. The molecule has 0 saturated heterocycles. The lowest BCUT2D eigenvalue weighted by atomic mass is 9.91. The number of hydrogen-bond acceptors (Lipinski definition) is 2. The van der Waals surface area contributed by atoms with Crippen molar-refractivity contribution in [1.82, 2.24) is 9.88 Å². The molecule has 1 aromatic heterocycles. The second-order valence-electron chi connectivity index (χ2n) is 4.44. The molecule has 1 aliphatic carbocycles. The van der Waals surface area contributed by atoms with Crippen LogP contribution >= 0.6 is 0 Å². The van der Waals surface area contributed by atoms with Crippen molar-refractivity contribution in [1.29, 1.82) is 0 Å². The summed E-state index contributed by atoms with van der Waals surface area (Å²) in [5.74, 6) is 0. The van der Waals surface area contributed by atoms with Gasteiger partial charge < -0.3 is 0 Å². The maximum absolute atomic E-state index is 4.56. The molecular formula is C13H20N2. The number of hydrogen-bond donors (Lipinski definition) is 0. The Morgan fingerprint density at radius 1 is 1.53 bits per heavy atom. The van der Waals surface area contributed by atoms with Gasteiger partial charge in [-0.25, -0.2) is 0 Å². The maximum Gasteiger partial charge on any atom is 0.0607 e. The number of fused-ring (bicyclic) bond motifs is 1. The second-order valence-corrected chi connectivity index (χ2v) is 4.44. The van der Waals surface area contributed by atoms with E-state index in [9.17, 15) is 0 Å². The predicted octanol–water partition coefficient (Wildman–Crippen LogP) is 2.80. The van der Waals surface area contributed by atoms with Gasteiger partial charge in [0.2, 0.25) is 0 Å². The Kier molecular flexibility index (Phi) is 3.37. The highest BCUT2D eigenvalue weighted by atomic mass is 15.1. The van der Waals surface area contributed by atoms with Crippen molar-refractivity contribution in [3.8, 4) is 0 Å². The zero-order chi connectivity index (χ0) is 10.7. The molecule has 0 aromatic carbocycles. The summed E-state index contributed by atoms with van der Waals surface area (Å²) < 4.78 is 0. The monoisotopic (exact) mass is 204 g/mol.